The van der Waals surface area contributed by atoms with Crippen LogP contribution in [0.4, 0.5) is 5.82 Å². The first kappa shape index (κ1) is 12.3. The predicted molar refractivity (Wildman–Crippen MR) is 72.6 cm³/mol. The van der Waals surface area contributed by atoms with Gasteiger partial charge < -0.3 is 10.5 Å². The molecule has 0 radical (unpaired) electrons. The molecule has 0 aliphatic heterocycles. The number of anilines is 1. The number of halogens is 2. The third kappa shape index (κ3) is 3.41. The molecule has 88 valence electrons. The summed E-state index contributed by atoms with van der Waals surface area (Å²) in [5.41, 5.74) is 6.61. The van der Waals surface area contributed by atoms with Crippen LogP contribution in [0.15, 0.2) is 39.4 Å². The maximum Gasteiger partial charge on any atom is 0.319 e. The summed E-state index contributed by atoms with van der Waals surface area (Å²) < 4.78 is 7.06. The molecule has 0 fully saturated rings. The molecule has 1 aromatic heterocycles. The van der Waals surface area contributed by atoms with Crippen molar-refractivity contribution >= 4 is 37.7 Å². The summed E-state index contributed by atoms with van der Waals surface area (Å²) in [7, 11) is 0. The molecular formula is C11H9Br2N3O. The molecule has 0 unspecified atom stereocenters. The predicted octanol–water partition coefficient (Wildman–Crippen LogP) is 3.16. The number of hydrogen-bond donors (Lipinski definition) is 1. The van der Waals surface area contributed by atoms with Gasteiger partial charge in [0.05, 0.1) is 0 Å². The minimum absolute atomic E-state index is 0.257. The molecule has 2 rings (SSSR count). The van der Waals surface area contributed by atoms with Crippen molar-refractivity contribution in [1.29, 1.82) is 0 Å². The lowest BCUT2D eigenvalue weighted by Gasteiger charge is -2.06. The second kappa shape index (κ2) is 5.46. The first-order valence-corrected chi connectivity index (χ1v) is 6.40. The van der Waals surface area contributed by atoms with E-state index in [2.05, 4.69) is 41.8 Å². The van der Waals surface area contributed by atoms with Gasteiger partial charge in [-0.15, -0.1) is 0 Å². The van der Waals surface area contributed by atoms with E-state index in [0.717, 1.165) is 10.0 Å². The van der Waals surface area contributed by atoms with Crippen molar-refractivity contribution in [3.05, 3.63) is 45.0 Å². The third-order valence-electron chi connectivity index (χ3n) is 2.01. The molecule has 1 heterocycles. The Labute approximate surface area is 115 Å². The van der Waals surface area contributed by atoms with Gasteiger partial charge in [-0.05, 0) is 22.0 Å². The average Bonchev–Trinajstić information content (AvgIpc) is 2.27. The van der Waals surface area contributed by atoms with E-state index in [1.807, 2.05) is 24.3 Å². The monoisotopic (exact) mass is 357 g/mol. The largest absolute Gasteiger partial charge is 0.458 e. The normalized spacial score (nSPS) is 10.2. The van der Waals surface area contributed by atoms with Crippen LogP contribution in [-0.2, 0) is 6.61 Å². The standard InChI is InChI=1S/C11H9Br2N3O/c12-8-4-2-1-3-7(8)6-17-11-15-9(13)5-10(14)16-11/h1-5H,6H2,(H2,14,15,16). The quantitative estimate of drug-likeness (QED) is 0.856. The topological polar surface area (TPSA) is 61.0 Å². The molecule has 0 aliphatic rings. The molecule has 0 bridgehead atoms. The van der Waals surface area contributed by atoms with Gasteiger partial charge in [-0.3, -0.25) is 0 Å². The molecule has 17 heavy (non-hydrogen) atoms. The molecule has 0 spiro atoms. The summed E-state index contributed by atoms with van der Waals surface area (Å²) in [5, 5.41) is 0. The molecule has 6 heteroatoms. The van der Waals surface area contributed by atoms with E-state index >= 15 is 0 Å². The summed E-state index contributed by atoms with van der Waals surface area (Å²) in [5.74, 6) is 0.369. The van der Waals surface area contributed by atoms with Crippen LogP contribution in [0.5, 0.6) is 6.01 Å². The Morgan fingerprint density at radius 2 is 1.94 bits per heavy atom. The van der Waals surface area contributed by atoms with Gasteiger partial charge in [0, 0.05) is 16.1 Å². The lowest BCUT2D eigenvalue weighted by atomic mass is 10.2. The second-order valence-corrected chi connectivity index (χ2v) is 4.95. The number of nitrogens with zero attached hydrogens (tertiary/aromatic N) is 2. The van der Waals surface area contributed by atoms with Crippen molar-refractivity contribution in [2.75, 3.05) is 5.73 Å². The first-order valence-electron chi connectivity index (χ1n) is 4.81. The van der Waals surface area contributed by atoms with Crippen LogP contribution in [-0.4, -0.2) is 9.97 Å². The highest BCUT2D eigenvalue weighted by molar-refractivity contribution is 9.10. The zero-order chi connectivity index (χ0) is 12.3. The van der Waals surface area contributed by atoms with Gasteiger partial charge in [-0.25, -0.2) is 0 Å². The summed E-state index contributed by atoms with van der Waals surface area (Å²) in [6, 6.07) is 9.68. The van der Waals surface area contributed by atoms with Crippen molar-refractivity contribution in [3.63, 3.8) is 0 Å². The summed E-state index contributed by atoms with van der Waals surface area (Å²) in [6.07, 6.45) is 0. The van der Waals surface area contributed by atoms with E-state index in [1.54, 1.807) is 6.07 Å². The van der Waals surface area contributed by atoms with Crippen LogP contribution < -0.4 is 10.5 Å². The molecule has 0 aliphatic carbocycles. The molecular weight excluding hydrogens is 350 g/mol. The highest BCUT2D eigenvalue weighted by atomic mass is 79.9. The highest BCUT2D eigenvalue weighted by Crippen LogP contribution is 2.19. The van der Waals surface area contributed by atoms with Gasteiger partial charge in [-0.1, -0.05) is 34.1 Å². The molecule has 0 saturated heterocycles. The van der Waals surface area contributed by atoms with Crippen LogP contribution in [0.3, 0.4) is 0 Å². The summed E-state index contributed by atoms with van der Waals surface area (Å²) in [6.45, 7) is 0.386. The van der Waals surface area contributed by atoms with Crippen molar-refractivity contribution in [2.24, 2.45) is 0 Å². The van der Waals surface area contributed by atoms with Gasteiger partial charge in [-0.2, -0.15) is 9.97 Å². The van der Waals surface area contributed by atoms with E-state index in [0.29, 0.717) is 17.0 Å². The van der Waals surface area contributed by atoms with E-state index in [-0.39, 0.29) is 6.01 Å². The van der Waals surface area contributed by atoms with Gasteiger partial charge in [0.25, 0.3) is 0 Å². The Balaban J connectivity index is 2.10. The van der Waals surface area contributed by atoms with E-state index in [9.17, 15) is 0 Å². The van der Waals surface area contributed by atoms with Crippen LogP contribution in [0.2, 0.25) is 0 Å². The average molecular weight is 359 g/mol. The molecule has 1 aromatic carbocycles. The Hall–Kier alpha value is -1.14. The van der Waals surface area contributed by atoms with Crippen molar-refractivity contribution in [1.82, 2.24) is 9.97 Å². The fraction of sp³-hybridized carbons (Fsp3) is 0.0909. The number of nitrogens with two attached hydrogens (primary N) is 1. The van der Waals surface area contributed by atoms with Crippen LogP contribution >= 0.6 is 31.9 Å². The minimum atomic E-state index is 0.257. The molecule has 0 saturated carbocycles. The first-order chi connectivity index (χ1) is 8.15. The van der Waals surface area contributed by atoms with Crippen molar-refractivity contribution < 1.29 is 4.74 Å². The Morgan fingerprint density at radius 3 is 2.65 bits per heavy atom. The summed E-state index contributed by atoms with van der Waals surface area (Å²) >= 11 is 6.68. The number of rotatable bonds is 3. The van der Waals surface area contributed by atoms with Gasteiger partial charge in [0.1, 0.15) is 17.0 Å². The van der Waals surface area contributed by atoms with E-state index in [1.165, 1.54) is 0 Å². The Morgan fingerprint density at radius 1 is 1.18 bits per heavy atom. The Bertz CT molecular complexity index is 514. The number of nitrogen functional groups attached to an aromatic ring is 1. The molecule has 0 atom stereocenters. The van der Waals surface area contributed by atoms with Crippen LogP contribution in [0, 0.1) is 0 Å². The van der Waals surface area contributed by atoms with Gasteiger partial charge in [0.15, 0.2) is 0 Å². The molecule has 2 aromatic rings. The minimum Gasteiger partial charge on any atom is -0.458 e. The van der Waals surface area contributed by atoms with Crippen molar-refractivity contribution in [3.8, 4) is 6.01 Å². The zero-order valence-corrected chi connectivity index (χ0v) is 11.9. The lowest BCUT2D eigenvalue weighted by Crippen LogP contribution is -2.02. The maximum atomic E-state index is 5.59. The number of ether oxygens (including phenoxy) is 1. The van der Waals surface area contributed by atoms with E-state index in [4.69, 9.17) is 10.5 Å². The Kier molecular flexibility index (Phi) is 3.96. The van der Waals surface area contributed by atoms with E-state index < -0.39 is 0 Å². The highest BCUT2D eigenvalue weighted by Gasteiger charge is 2.04. The fourth-order valence-electron chi connectivity index (χ4n) is 1.24. The molecule has 0 amide bonds. The molecule has 2 N–H and O–H groups in total. The SMILES string of the molecule is Nc1cc(Br)nc(OCc2ccccc2Br)n1. The fourth-order valence-corrected chi connectivity index (χ4v) is 2.02. The lowest BCUT2D eigenvalue weighted by molar-refractivity contribution is 0.280. The third-order valence-corrected chi connectivity index (χ3v) is 3.19. The molecule has 4 nitrogen and oxygen atoms in total. The van der Waals surface area contributed by atoms with Crippen molar-refractivity contribution in [2.45, 2.75) is 6.61 Å². The van der Waals surface area contributed by atoms with Crippen LogP contribution in [0.25, 0.3) is 0 Å². The number of hydrogen-bond acceptors (Lipinski definition) is 4. The summed E-state index contributed by atoms with van der Waals surface area (Å²) in [4.78, 5) is 8.04. The second-order valence-electron chi connectivity index (χ2n) is 3.28. The van der Waals surface area contributed by atoms with Gasteiger partial charge in [0.2, 0.25) is 0 Å². The zero-order valence-electron chi connectivity index (χ0n) is 8.73. The number of benzene rings is 1. The van der Waals surface area contributed by atoms with Gasteiger partial charge >= 0.3 is 6.01 Å². The number of aromatic nitrogens is 2. The smallest absolute Gasteiger partial charge is 0.319 e. The van der Waals surface area contributed by atoms with Crippen LogP contribution in [0.1, 0.15) is 5.56 Å². The maximum absolute atomic E-state index is 5.59.